The molecular weight excluding hydrogens is 265 g/mol. The Hall–Kier alpha value is -1.64. The minimum absolute atomic E-state index is 0.282. The zero-order chi connectivity index (χ0) is 13.9. The molecule has 0 fully saturated rings. The van der Waals surface area contributed by atoms with Gasteiger partial charge in [0.2, 0.25) is 5.88 Å². The van der Waals surface area contributed by atoms with E-state index in [9.17, 15) is 22.0 Å². The molecule has 4 nitrogen and oxygen atoms in total. The number of methoxy groups -OCH3 is 1. The highest BCUT2D eigenvalue weighted by Gasteiger charge is 2.35. The van der Waals surface area contributed by atoms with Gasteiger partial charge in [-0.1, -0.05) is 0 Å². The van der Waals surface area contributed by atoms with Crippen molar-refractivity contribution in [2.24, 2.45) is 0 Å². The van der Waals surface area contributed by atoms with Crippen LogP contribution in [0.1, 0.15) is 17.7 Å². The van der Waals surface area contributed by atoms with Crippen molar-refractivity contribution in [1.82, 2.24) is 4.98 Å². The average molecular weight is 273 g/mol. The molecule has 9 heteroatoms. The highest BCUT2D eigenvalue weighted by Crippen LogP contribution is 2.38. The zero-order valence-electron chi connectivity index (χ0n) is 8.96. The SMILES string of the molecule is COc1nc(CO)cc(OC(F)(F)F)c1C(F)F. The van der Waals surface area contributed by atoms with Gasteiger partial charge < -0.3 is 14.6 Å². The molecule has 0 atom stereocenters. The molecule has 1 aromatic heterocycles. The van der Waals surface area contributed by atoms with Crippen LogP contribution in [0.4, 0.5) is 22.0 Å². The molecule has 0 saturated carbocycles. The van der Waals surface area contributed by atoms with E-state index in [1.165, 1.54) is 0 Å². The van der Waals surface area contributed by atoms with Gasteiger partial charge in [-0.15, -0.1) is 13.2 Å². The summed E-state index contributed by atoms with van der Waals surface area (Å²) in [4.78, 5) is 3.42. The van der Waals surface area contributed by atoms with Crippen molar-refractivity contribution in [3.63, 3.8) is 0 Å². The van der Waals surface area contributed by atoms with Crippen molar-refractivity contribution < 1.29 is 36.5 Å². The summed E-state index contributed by atoms with van der Waals surface area (Å²) in [6.45, 7) is -0.742. The van der Waals surface area contributed by atoms with E-state index in [-0.39, 0.29) is 5.69 Å². The molecule has 0 saturated heterocycles. The topological polar surface area (TPSA) is 51.6 Å². The number of aromatic nitrogens is 1. The first kappa shape index (κ1) is 14.4. The lowest BCUT2D eigenvalue weighted by molar-refractivity contribution is -0.275. The summed E-state index contributed by atoms with van der Waals surface area (Å²) in [5, 5.41) is 8.77. The number of alkyl halides is 5. The molecule has 0 bridgehead atoms. The van der Waals surface area contributed by atoms with E-state index in [4.69, 9.17) is 5.11 Å². The van der Waals surface area contributed by atoms with Gasteiger partial charge in [0, 0.05) is 6.07 Å². The number of pyridine rings is 1. The van der Waals surface area contributed by atoms with Crippen molar-refractivity contribution in [3.8, 4) is 11.6 Å². The number of hydrogen-bond donors (Lipinski definition) is 1. The molecule has 0 unspecified atom stereocenters. The second-order valence-corrected chi connectivity index (χ2v) is 3.04. The lowest BCUT2D eigenvalue weighted by atomic mass is 10.2. The fourth-order valence-corrected chi connectivity index (χ4v) is 1.20. The van der Waals surface area contributed by atoms with Crippen molar-refractivity contribution in [1.29, 1.82) is 0 Å². The third-order valence-electron chi connectivity index (χ3n) is 1.84. The summed E-state index contributed by atoms with van der Waals surface area (Å²) in [7, 11) is 0.965. The maximum Gasteiger partial charge on any atom is 0.573 e. The first-order valence-corrected chi connectivity index (χ1v) is 4.51. The second kappa shape index (κ2) is 5.34. The quantitative estimate of drug-likeness (QED) is 0.856. The fraction of sp³-hybridized carbons (Fsp3) is 0.444. The van der Waals surface area contributed by atoms with Crippen LogP contribution in [0.25, 0.3) is 0 Å². The number of halogens is 5. The lowest BCUT2D eigenvalue weighted by Gasteiger charge is -2.15. The molecule has 0 radical (unpaired) electrons. The number of aliphatic hydroxyl groups is 1. The lowest BCUT2D eigenvalue weighted by Crippen LogP contribution is -2.19. The van der Waals surface area contributed by atoms with Gasteiger partial charge in [0.05, 0.1) is 19.4 Å². The largest absolute Gasteiger partial charge is 0.573 e. The molecule has 1 rings (SSSR count). The third kappa shape index (κ3) is 3.42. The van der Waals surface area contributed by atoms with Crippen LogP contribution in [0.5, 0.6) is 11.6 Å². The number of aliphatic hydroxyl groups excluding tert-OH is 1. The molecular formula is C9H8F5NO3. The van der Waals surface area contributed by atoms with Gasteiger partial charge in [-0.25, -0.2) is 13.8 Å². The smallest absolute Gasteiger partial charge is 0.481 e. The van der Waals surface area contributed by atoms with Gasteiger partial charge in [0.25, 0.3) is 6.43 Å². The standard InChI is InChI=1S/C9H8F5NO3/c1-17-8-6(7(10)11)5(18-9(12,13)14)2-4(3-16)15-8/h2,7,16H,3H2,1H3. The Morgan fingerprint density at radius 2 is 2.00 bits per heavy atom. The van der Waals surface area contributed by atoms with Gasteiger partial charge >= 0.3 is 6.36 Å². The first-order chi connectivity index (χ1) is 8.28. The molecule has 0 aliphatic carbocycles. The Balaban J connectivity index is 3.34. The molecule has 18 heavy (non-hydrogen) atoms. The van der Waals surface area contributed by atoms with Gasteiger partial charge in [0.15, 0.2) is 0 Å². The molecule has 102 valence electrons. The van der Waals surface area contributed by atoms with E-state index in [0.717, 1.165) is 7.11 Å². The summed E-state index contributed by atoms with van der Waals surface area (Å²) < 4.78 is 69.4. The van der Waals surface area contributed by atoms with Crippen LogP contribution < -0.4 is 9.47 Å². The van der Waals surface area contributed by atoms with E-state index in [1.807, 2.05) is 0 Å². The van der Waals surface area contributed by atoms with Crippen molar-refractivity contribution in [2.45, 2.75) is 19.4 Å². The minimum Gasteiger partial charge on any atom is -0.481 e. The Kier molecular flexibility index (Phi) is 4.28. The van der Waals surface area contributed by atoms with E-state index >= 15 is 0 Å². The first-order valence-electron chi connectivity index (χ1n) is 4.51. The van der Waals surface area contributed by atoms with Crippen molar-refractivity contribution in [3.05, 3.63) is 17.3 Å². The summed E-state index contributed by atoms with van der Waals surface area (Å²) in [6, 6.07) is 0.581. The maximum atomic E-state index is 12.7. The molecule has 0 aliphatic heterocycles. The van der Waals surface area contributed by atoms with Crippen LogP contribution in [0.15, 0.2) is 6.07 Å². The highest BCUT2D eigenvalue weighted by atomic mass is 19.4. The summed E-state index contributed by atoms with van der Waals surface area (Å²) >= 11 is 0. The number of rotatable bonds is 4. The van der Waals surface area contributed by atoms with E-state index in [2.05, 4.69) is 14.5 Å². The maximum absolute atomic E-state index is 12.7. The Morgan fingerprint density at radius 1 is 1.39 bits per heavy atom. The van der Waals surface area contributed by atoms with Crippen LogP contribution in [0.2, 0.25) is 0 Å². The predicted molar refractivity (Wildman–Crippen MR) is 48.4 cm³/mol. The monoisotopic (exact) mass is 273 g/mol. The molecule has 1 heterocycles. The molecule has 1 aromatic rings. The number of hydrogen-bond acceptors (Lipinski definition) is 4. The minimum atomic E-state index is -5.14. The molecule has 0 amide bonds. The van der Waals surface area contributed by atoms with Gasteiger partial charge in [-0.05, 0) is 0 Å². The van der Waals surface area contributed by atoms with Gasteiger partial charge in [-0.3, -0.25) is 0 Å². The average Bonchev–Trinajstić information content (AvgIpc) is 2.25. The number of ether oxygens (including phenoxy) is 2. The predicted octanol–water partition coefficient (Wildman–Crippen LogP) is 2.42. The third-order valence-corrected chi connectivity index (χ3v) is 1.84. The van der Waals surface area contributed by atoms with E-state index < -0.39 is 36.6 Å². The summed E-state index contributed by atoms with van der Waals surface area (Å²) in [5.41, 5.74) is -1.40. The highest BCUT2D eigenvalue weighted by molar-refractivity contribution is 5.43. The van der Waals surface area contributed by atoms with Crippen LogP contribution in [-0.2, 0) is 6.61 Å². The summed E-state index contributed by atoms with van der Waals surface area (Å²) in [6.07, 6.45) is -8.40. The normalized spacial score (nSPS) is 11.8. The Labute approximate surface area is 98.0 Å². The molecule has 1 N–H and O–H groups in total. The van der Waals surface area contributed by atoms with Crippen molar-refractivity contribution in [2.75, 3.05) is 7.11 Å². The van der Waals surface area contributed by atoms with Crippen LogP contribution in [0.3, 0.4) is 0 Å². The van der Waals surface area contributed by atoms with Crippen LogP contribution in [0, 0.1) is 0 Å². The van der Waals surface area contributed by atoms with E-state index in [1.54, 1.807) is 0 Å². The van der Waals surface area contributed by atoms with Gasteiger partial charge in [-0.2, -0.15) is 0 Å². The number of nitrogens with zero attached hydrogens (tertiary/aromatic N) is 1. The van der Waals surface area contributed by atoms with Gasteiger partial charge in [0.1, 0.15) is 11.3 Å². The molecule has 0 spiro atoms. The van der Waals surface area contributed by atoms with Crippen LogP contribution >= 0.6 is 0 Å². The van der Waals surface area contributed by atoms with E-state index in [0.29, 0.717) is 6.07 Å². The Bertz CT molecular complexity index is 421. The summed E-state index contributed by atoms with van der Waals surface area (Å²) in [5.74, 6) is -1.87. The Morgan fingerprint density at radius 3 is 2.39 bits per heavy atom. The fourth-order valence-electron chi connectivity index (χ4n) is 1.20. The van der Waals surface area contributed by atoms with Crippen molar-refractivity contribution >= 4 is 0 Å². The second-order valence-electron chi connectivity index (χ2n) is 3.04. The zero-order valence-corrected chi connectivity index (χ0v) is 8.96. The molecule has 0 aromatic carbocycles. The molecule has 0 aliphatic rings. The van der Waals surface area contributed by atoms with Crippen LogP contribution in [-0.4, -0.2) is 23.6 Å².